The van der Waals surface area contributed by atoms with Crippen molar-refractivity contribution in [3.05, 3.63) is 57.7 Å². The molecule has 2 rings (SSSR count). The van der Waals surface area contributed by atoms with Gasteiger partial charge in [-0.2, -0.15) is 0 Å². The molecule has 1 aliphatic carbocycles. The van der Waals surface area contributed by atoms with Gasteiger partial charge in [0, 0.05) is 22.3 Å². The monoisotopic (exact) mass is 478 g/mol. The molecule has 2 heteroatoms. The van der Waals surface area contributed by atoms with Crippen LogP contribution in [0.15, 0.2) is 41.0 Å². The van der Waals surface area contributed by atoms with Crippen LogP contribution in [0, 0.1) is 10.8 Å². The molecule has 0 aliphatic heterocycles. The second-order valence-electron chi connectivity index (χ2n) is 13.0. The predicted molar refractivity (Wildman–Crippen MR) is 152 cm³/mol. The van der Waals surface area contributed by atoms with E-state index in [1.165, 1.54) is 0 Å². The number of carbonyl (C=O) groups excluding carboxylic acids is 1. The normalized spacial score (nSPS) is 15.8. The summed E-state index contributed by atoms with van der Waals surface area (Å²) in [7, 11) is 0. The lowest BCUT2D eigenvalue weighted by Gasteiger charge is -2.34. The van der Waals surface area contributed by atoms with Gasteiger partial charge >= 0.3 is 0 Å². The van der Waals surface area contributed by atoms with E-state index in [9.17, 15) is 9.90 Å². The van der Waals surface area contributed by atoms with E-state index in [1.54, 1.807) is 0 Å². The van der Waals surface area contributed by atoms with Gasteiger partial charge in [-0.25, -0.2) is 0 Å². The average Bonchev–Trinajstić information content (AvgIpc) is 2.80. The van der Waals surface area contributed by atoms with E-state index in [4.69, 9.17) is 0 Å². The zero-order valence-corrected chi connectivity index (χ0v) is 24.6. The number of aromatic hydroxyl groups is 1. The number of phenols is 1. The number of hydrogen-bond donors (Lipinski definition) is 1. The standard InChI is InChI=1S/C33H50O2/c1-13-30(5,6)24-18-22(19-25(28(24)34)31(7,8)14-2)17-23-20-26(32(9,10)15-3)29(35)27(21-23)33(11,12)16-4/h17-21,34H,13-16H2,1-12H3. The highest BCUT2D eigenvalue weighted by atomic mass is 16.3. The SMILES string of the molecule is CCC(C)(C)C1=CC(=Cc2cc(C(C)(C)CC)c(O)c(C(C)(C)CC)c2)C=C(C(C)(C)CC)C1=O. The number of phenolic OH excluding ortho intramolecular Hbond substituents is 1. The Hall–Kier alpha value is -2.09. The molecule has 0 atom stereocenters. The fourth-order valence-corrected chi connectivity index (χ4v) is 4.47. The van der Waals surface area contributed by atoms with E-state index in [0.29, 0.717) is 5.75 Å². The molecule has 1 aromatic rings. The Balaban J connectivity index is 2.87. The fraction of sp³-hybridized carbons (Fsp3) is 0.606. The third-order valence-electron chi connectivity index (χ3n) is 9.03. The van der Waals surface area contributed by atoms with Crippen LogP contribution in [0.5, 0.6) is 5.75 Å². The van der Waals surface area contributed by atoms with E-state index < -0.39 is 0 Å². The number of benzene rings is 1. The number of Topliss-reactive ketones (excluding diaryl/α,β-unsaturated/α-hetero) is 1. The van der Waals surface area contributed by atoms with E-state index in [2.05, 4.69) is 113 Å². The summed E-state index contributed by atoms with van der Waals surface area (Å²) in [5, 5.41) is 11.4. The summed E-state index contributed by atoms with van der Waals surface area (Å²) >= 11 is 0. The van der Waals surface area contributed by atoms with Crippen LogP contribution in [0.25, 0.3) is 6.08 Å². The summed E-state index contributed by atoms with van der Waals surface area (Å²) in [6.45, 7) is 26.1. The van der Waals surface area contributed by atoms with Crippen LogP contribution in [-0.4, -0.2) is 10.9 Å². The molecular formula is C33H50O2. The van der Waals surface area contributed by atoms with Crippen molar-refractivity contribution < 1.29 is 9.90 Å². The molecular weight excluding hydrogens is 428 g/mol. The van der Waals surface area contributed by atoms with Gasteiger partial charge in [0.25, 0.3) is 0 Å². The van der Waals surface area contributed by atoms with E-state index in [-0.39, 0.29) is 27.4 Å². The number of carbonyl (C=O) groups is 1. The van der Waals surface area contributed by atoms with Crippen molar-refractivity contribution in [2.24, 2.45) is 10.8 Å². The van der Waals surface area contributed by atoms with E-state index in [0.717, 1.165) is 59.1 Å². The molecule has 0 heterocycles. The minimum Gasteiger partial charge on any atom is -0.507 e. The lowest BCUT2D eigenvalue weighted by Crippen LogP contribution is -2.30. The first-order valence-electron chi connectivity index (χ1n) is 13.6. The lowest BCUT2D eigenvalue weighted by atomic mass is 9.69. The molecule has 0 bridgehead atoms. The Bertz CT molecular complexity index is 980. The van der Waals surface area contributed by atoms with Gasteiger partial charge in [0.2, 0.25) is 0 Å². The molecule has 0 amide bonds. The van der Waals surface area contributed by atoms with Crippen molar-refractivity contribution >= 4 is 11.9 Å². The summed E-state index contributed by atoms with van der Waals surface area (Å²) < 4.78 is 0. The molecule has 0 unspecified atom stereocenters. The molecule has 35 heavy (non-hydrogen) atoms. The maximum atomic E-state index is 13.6. The minimum atomic E-state index is -0.195. The molecule has 0 fully saturated rings. The van der Waals surface area contributed by atoms with Gasteiger partial charge in [-0.15, -0.1) is 0 Å². The van der Waals surface area contributed by atoms with Crippen molar-refractivity contribution in [3.8, 4) is 5.75 Å². The molecule has 0 radical (unpaired) electrons. The van der Waals surface area contributed by atoms with E-state index >= 15 is 0 Å². The number of hydrogen-bond acceptors (Lipinski definition) is 2. The van der Waals surface area contributed by atoms with Crippen LogP contribution < -0.4 is 0 Å². The first-order valence-corrected chi connectivity index (χ1v) is 13.6. The van der Waals surface area contributed by atoms with Crippen LogP contribution in [0.2, 0.25) is 0 Å². The third-order valence-corrected chi connectivity index (χ3v) is 9.03. The predicted octanol–water partition coefficient (Wildman–Crippen LogP) is 9.46. The van der Waals surface area contributed by atoms with Crippen molar-refractivity contribution in [2.75, 3.05) is 0 Å². The molecule has 1 aromatic carbocycles. The smallest absolute Gasteiger partial charge is 0.186 e. The summed E-state index contributed by atoms with van der Waals surface area (Å²) in [4.78, 5) is 13.6. The Labute approximate surface area is 215 Å². The van der Waals surface area contributed by atoms with Crippen LogP contribution in [-0.2, 0) is 15.6 Å². The Morgan fingerprint density at radius 3 is 1.31 bits per heavy atom. The maximum Gasteiger partial charge on any atom is 0.186 e. The summed E-state index contributed by atoms with van der Waals surface area (Å²) in [6, 6.07) is 4.29. The largest absolute Gasteiger partial charge is 0.507 e. The van der Waals surface area contributed by atoms with Gasteiger partial charge in [0.1, 0.15) is 5.75 Å². The summed E-state index contributed by atoms with van der Waals surface area (Å²) in [5.74, 6) is 0.614. The second-order valence-corrected chi connectivity index (χ2v) is 13.0. The first kappa shape index (κ1) is 29.1. The van der Waals surface area contributed by atoms with Gasteiger partial charge in [-0.3, -0.25) is 4.79 Å². The van der Waals surface area contributed by atoms with E-state index in [1.807, 2.05) is 0 Å². The van der Waals surface area contributed by atoms with Gasteiger partial charge in [0.15, 0.2) is 5.78 Å². The topological polar surface area (TPSA) is 37.3 Å². The van der Waals surface area contributed by atoms with Crippen LogP contribution in [0.1, 0.15) is 125 Å². The molecule has 1 N–H and O–H groups in total. The van der Waals surface area contributed by atoms with Crippen molar-refractivity contribution in [3.63, 3.8) is 0 Å². The van der Waals surface area contributed by atoms with Gasteiger partial charge in [0.05, 0.1) is 0 Å². The lowest BCUT2D eigenvalue weighted by molar-refractivity contribution is -0.114. The summed E-state index contributed by atoms with van der Waals surface area (Å²) in [6.07, 6.45) is 10.1. The molecule has 0 saturated heterocycles. The Kier molecular flexibility index (Phi) is 8.42. The van der Waals surface area contributed by atoms with Crippen molar-refractivity contribution in [1.29, 1.82) is 0 Å². The Morgan fingerprint density at radius 2 is 1.00 bits per heavy atom. The quantitative estimate of drug-likeness (QED) is 0.384. The molecule has 2 nitrogen and oxygen atoms in total. The van der Waals surface area contributed by atoms with Crippen LogP contribution in [0.3, 0.4) is 0 Å². The molecule has 0 aromatic heterocycles. The van der Waals surface area contributed by atoms with Crippen molar-refractivity contribution in [2.45, 2.75) is 120 Å². The summed E-state index contributed by atoms with van der Waals surface area (Å²) in [5.41, 5.74) is 5.24. The van der Waals surface area contributed by atoms with Crippen LogP contribution >= 0.6 is 0 Å². The Morgan fingerprint density at radius 1 is 0.657 bits per heavy atom. The average molecular weight is 479 g/mol. The molecule has 0 spiro atoms. The van der Waals surface area contributed by atoms with Gasteiger partial charge < -0.3 is 5.11 Å². The molecule has 0 saturated carbocycles. The van der Waals surface area contributed by atoms with Crippen LogP contribution in [0.4, 0.5) is 0 Å². The zero-order valence-electron chi connectivity index (χ0n) is 24.6. The number of ketones is 1. The fourth-order valence-electron chi connectivity index (χ4n) is 4.47. The minimum absolute atomic E-state index is 0.143. The van der Waals surface area contributed by atoms with Gasteiger partial charge in [-0.1, -0.05) is 83.1 Å². The van der Waals surface area contributed by atoms with Gasteiger partial charge in [-0.05, 0) is 88.8 Å². The highest BCUT2D eigenvalue weighted by Crippen LogP contribution is 2.45. The third kappa shape index (κ3) is 5.84. The zero-order chi connectivity index (χ0) is 27.0. The molecule has 1 aliphatic rings. The van der Waals surface area contributed by atoms with Crippen molar-refractivity contribution in [1.82, 2.24) is 0 Å². The first-order chi connectivity index (χ1) is 16.0. The second kappa shape index (κ2) is 10.1. The number of rotatable bonds is 9. The highest BCUT2D eigenvalue weighted by Gasteiger charge is 2.37. The highest BCUT2D eigenvalue weighted by molar-refractivity contribution is 6.12. The maximum absolute atomic E-state index is 13.6. The molecule has 194 valence electrons. The number of allylic oxidation sites excluding steroid dienone is 5.